The Morgan fingerprint density at radius 1 is 1.17 bits per heavy atom. The summed E-state index contributed by atoms with van der Waals surface area (Å²) in [5.41, 5.74) is 0.852. The molecule has 2 aromatic heterocycles. The van der Waals surface area contributed by atoms with Crippen molar-refractivity contribution in [3.63, 3.8) is 0 Å². The van der Waals surface area contributed by atoms with E-state index in [9.17, 15) is 0 Å². The van der Waals surface area contributed by atoms with Crippen LogP contribution in [-0.4, -0.2) is 28.9 Å². The lowest BCUT2D eigenvalue weighted by Gasteiger charge is -2.12. The van der Waals surface area contributed by atoms with Crippen molar-refractivity contribution in [3.05, 3.63) is 46.5 Å². The summed E-state index contributed by atoms with van der Waals surface area (Å²) in [6.07, 6.45) is 0. The Bertz CT molecular complexity index is 801. The standard InChI is InChI=1S/C16H15N3O3S/c1-19(8-12-3-2-6-23-12)9-15-17-16(18-22-15)11-4-5-13-14(7-11)21-10-20-13/h2-7H,8-10H2,1H3. The van der Waals surface area contributed by atoms with Gasteiger partial charge in [-0.1, -0.05) is 11.2 Å². The second-order valence-corrected chi connectivity index (χ2v) is 6.36. The van der Waals surface area contributed by atoms with E-state index in [1.807, 2.05) is 25.2 Å². The second kappa shape index (κ2) is 6.02. The normalized spacial score (nSPS) is 13.0. The molecule has 118 valence electrons. The first-order chi connectivity index (χ1) is 11.3. The van der Waals surface area contributed by atoms with Crippen molar-refractivity contribution in [2.24, 2.45) is 0 Å². The van der Waals surface area contributed by atoms with E-state index in [1.165, 1.54) is 4.88 Å². The molecule has 1 aliphatic heterocycles. The van der Waals surface area contributed by atoms with Gasteiger partial charge < -0.3 is 14.0 Å². The van der Waals surface area contributed by atoms with Crippen LogP contribution < -0.4 is 9.47 Å². The maximum Gasteiger partial charge on any atom is 0.241 e. The third-order valence-electron chi connectivity index (χ3n) is 3.51. The molecule has 1 aromatic carbocycles. The third kappa shape index (κ3) is 3.06. The molecule has 6 nitrogen and oxygen atoms in total. The van der Waals surface area contributed by atoms with Gasteiger partial charge in [0, 0.05) is 17.0 Å². The first-order valence-electron chi connectivity index (χ1n) is 7.21. The second-order valence-electron chi connectivity index (χ2n) is 5.33. The quantitative estimate of drug-likeness (QED) is 0.716. The zero-order valence-electron chi connectivity index (χ0n) is 12.6. The molecular weight excluding hydrogens is 314 g/mol. The number of nitrogens with zero attached hydrogens (tertiary/aromatic N) is 3. The maximum absolute atomic E-state index is 5.38. The molecule has 3 aromatic rings. The molecule has 3 heterocycles. The summed E-state index contributed by atoms with van der Waals surface area (Å²) in [5, 5.41) is 6.13. The Morgan fingerprint density at radius 3 is 2.96 bits per heavy atom. The first kappa shape index (κ1) is 14.2. The fourth-order valence-corrected chi connectivity index (χ4v) is 3.21. The summed E-state index contributed by atoms with van der Waals surface area (Å²) in [7, 11) is 2.03. The van der Waals surface area contributed by atoms with Crippen LogP contribution in [0, 0.1) is 0 Å². The molecule has 0 amide bonds. The highest BCUT2D eigenvalue weighted by molar-refractivity contribution is 7.09. The number of hydrogen-bond acceptors (Lipinski definition) is 7. The fraction of sp³-hybridized carbons (Fsp3) is 0.250. The van der Waals surface area contributed by atoms with Gasteiger partial charge in [0.25, 0.3) is 0 Å². The van der Waals surface area contributed by atoms with E-state index in [0.29, 0.717) is 24.0 Å². The summed E-state index contributed by atoms with van der Waals surface area (Å²) < 4.78 is 16.0. The van der Waals surface area contributed by atoms with Crippen molar-refractivity contribution < 1.29 is 14.0 Å². The molecule has 1 aliphatic rings. The summed E-state index contributed by atoms with van der Waals surface area (Å²) >= 11 is 1.74. The van der Waals surface area contributed by atoms with E-state index >= 15 is 0 Å². The number of benzene rings is 1. The highest BCUT2D eigenvalue weighted by atomic mass is 32.1. The van der Waals surface area contributed by atoms with Crippen LogP contribution in [0.15, 0.2) is 40.2 Å². The molecule has 4 rings (SSSR count). The molecule has 0 bridgehead atoms. The average molecular weight is 329 g/mol. The van der Waals surface area contributed by atoms with E-state index in [2.05, 4.69) is 32.6 Å². The van der Waals surface area contributed by atoms with Crippen LogP contribution in [0.2, 0.25) is 0 Å². The lowest BCUT2D eigenvalue weighted by Crippen LogP contribution is -2.16. The minimum Gasteiger partial charge on any atom is -0.454 e. The van der Waals surface area contributed by atoms with Gasteiger partial charge >= 0.3 is 0 Å². The van der Waals surface area contributed by atoms with Crippen LogP contribution in [0.1, 0.15) is 10.8 Å². The zero-order valence-corrected chi connectivity index (χ0v) is 13.4. The van der Waals surface area contributed by atoms with Crippen molar-refractivity contribution in [1.82, 2.24) is 15.0 Å². The Balaban J connectivity index is 1.46. The van der Waals surface area contributed by atoms with Crippen LogP contribution in [-0.2, 0) is 13.1 Å². The van der Waals surface area contributed by atoms with Crippen LogP contribution in [0.4, 0.5) is 0 Å². The largest absolute Gasteiger partial charge is 0.454 e. The maximum atomic E-state index is 5.38. The summed E-state index contributed by atoms with van der Waals surface area (Å²) in [4.78, 5) is 7.91. The molecule has 0 atom stereocenters. The fourth-order valence-electron chi connectivity index (χ4n) is 2.43. The van der Waals surface area contributed by atoms with E-state index in [4.69, 9.17) is 14.0 Å². The molecule has 0 fully saturated rings. The van der Waals surface area contributed by atoms with Crippen molar-refractivity contribution >= 4 is 11.3 Å². The minimum absolute atomic E-state index is 0.254. The molecule has 0 aliphatic carbocycles. The Kier molecular flexibility index (Phi) is 3.72. The van der Waals surface area contributed by atoms with Gasteiger partial charge in [-0.3, -0.25) is 4.90 Å². The molecule has 23 heavy (non-hydrogen) atoms. The number of fused-ring (bicyclic) bond motifs is 1. The van der Waals surface area contributed by atoms with Crippen molar-refractivity contribution in [2.75, 3.05) is 13.8 Å². The van der Waals surface area contributed by atoms with Gasteiger partial charge in [-0.25, -0.2) is 0 Å². The van der Waals surface area contributed by atoms with Gasteiger partial charge in [-0.05, 0) is 36.7 Å². The summed E-state index contributed by atoms with van der Waals surface area (Å²) in [6.45, 7) is 1.72. The molecule has 0 saturated heterocycles. The number of aromatic nitrogens is 2. The van der Waals surface area contributed by atoms with Crippen LogP contribution in [0.25, 0.3) is 11.4 Å². The summed E-state index contributed by atoms with van der Waals surface area (Å²) in [5.74, 6) is 2.61. The molecule has 0 spiro atoms. The molecule has 0 N–H and O–H groups in total. The molecule has 7 heteroatoms. The van der Waals surface area contributed by atoms with E-state index < -0.39 is 0 Å². The predicted octanol–water partition coefficient (Wildman–Crippen LogP) is 3.16. The van der Waals surface area contributed by atoms with E-state index in [0.717, 1.165) is 17.9 Å². The van der Waals surface area contributed by atoms with Crippen molar-refractivity contribution in [1.29, 1.82) is 0 Å². The van der Waals surface area contributed by atoms with E-state index in [1.54, 1.807) is 11.3 Å². The number of thiophene rings is 1. The Hall–Kier alpha value is -2.38. The summed E-state index contributed by atoms with van der Waals surface area (Å²) in [6, 6.07) is 9.80. The van der Waals surface area contributed by atoms with Crippen LogP contribution in [0.5, 0.6) is 11.5 Å². The number of rotatable bonds is 5. The zero-order chi connectivity index (χ0) is 15.6. The van der Waals surface area contributed by atoms with Crippen molar-refractivity contribution in [3.8, 4) is 22.9 Å². The number of ether oxygens (including phenoxy) is 2. The molecule has 0 radical (unpaired) electrons. The van der Waals surface area contributed by atoms with Crippen LogP contribution in [0.3, 0.4) is 0 Å². The SMILES string of the molecule is CN(Cc1nc(-c2ccc3c(c2)OCO3)no1)Cc1cccs1. The van der Waals surface area contributed by atoms with Gasteiger partial charge in [0.2, 0.25) is 18.5 Å². The lowest BCUT2D eigenvalue weighted by molar-refractivity contribution is 0.174. The monoisotopic (exact) mass is 329 g/mol. The Labute approximate surface area is 137 Å². The Morgan fingerprint density at radius 2 is 2.09 bits per heavy atom. The average Bonchev–Trinajstić information content (AvgIpc) is 3.27. The lowest BCUT2D eigenvalue weighted by atomic mass is 10.2. The first-order valence-corrected chi connectivity index (χ1v) is 8.09. The topological polar surface area (TPSA) is 60.6 Å². The van der Waals surface area contributed by atoms with E-state index in [-0.39, 0.29) is 6.79 Å². The highest BCUT2D eigenvalue weighted by Gasteiger charge is 2.17. The third-order valence-corrected chi connectivity index (χ3v) is 4.37. The highest BCUT2D eigenvalue weighted by Crippen LogP contribution is 2.35. The van der Waals surface area contributed by atoms with Gasteiger partial charge in [-0.2, -0.15) is 4.98 Å². The molecular formula is C16H15N3O3S. The van der Waals surface area contributed by atoms with Gasteiger partial charge in [0.05, 0.1) is 6.54 Å². The number of hydrogen-bond donors (Lipinski definition) is 0. The molecule has 0 saturated carbocycles. The minimum atomic E-state index is 0.254. The smallest absolute Gasteiger partial charge is 0.241 e. The predicted molar refractivity (Wildman–Crippen MR) is 85.3 cm³/mol. The van der Waals surface area contributed by atoms with Gasteiger partial charge in [-0.15, -0.1) is 11.3 Å². The molecule has 0 unspecified atom stereocenters. The van der Waals surface area contributed by atoms with Gasteiger partial charge in [0.15, 0.2) is 11.5 Å². The van der Waals surface area contributed by atoms with Crippen LogP contribution >= 0.6 is 11.3 Å². The van der Waals surface area contributed by atoms with Gasteiger partial charge in [0.1, 0.15) is 0 Å². The van der Waals surface area contributed by atoms with Crippen molar-refractivity contribution in [2.45, 2.75) is 13.1 Å².